The standard InChI is InChI=1S/C18H19NO4S/c1-11-13-9-12(22-3)6-7-14(13)24-16(11)17(20)19-10-18(2,21)15-5-4-8-23-15/h4-9,21H,10H2,1-3H3,(H,19,20). The van der Waals surface area contributed by atoms with Gasteiger partial charge in [0.1, 0.15) is 17.1 Å². The van der Waals surface area contributed by atoms with Gasteiger partial charge in [0.15, 0.2) is 0 Å². The molecule has 0 aliphatic rings. The number of benzene rings is 1. The van der Waals surface area contributed by atoms with Gasteiger partial charge < -0.3 is 19.6 Å². The van der Waals surface area contributed by atoms with Crippen LogP contribution >= 0.6 is 11.3 Å². The number of carbonyl (C=O) groups excluding carboxylic acids is 1. The van der Waals surface area contributed by atoms with Crippen LogP contribution in [0.5, 0.6) is 5.75 Å². The van der Waals surface area contributed by atoms with Gasteiger partial charge in [0.05, 0.1) is 24.8 Å². The number of methoxy groups -OCH3 is 1. The summed E-state index contributed by atoms with van der Waals surface area (Å²) >= 11 is 1.43. The summed E-state index contributed by atoms with van der Waals surface area (Å²) in [4.78, 5) is 13.2. The lowest BCUT2D eigenvalue weighted by atomic mass is 10.0. The van der Waals surface area contributed by atoms with E-state index in [2.05, 4.69) is 5.32 Å². The molecule has 6 heteroatoms. The molecule has 2 N–H and O–H groups in total. The highest BCUT2D eigenvalue weighted by atomic mass is 32.1. The van der Waals surface area contributed by atoms with Crippen molar-refractivity contribution in [3.63, 3.8) is 0 Å². The van der Waals surface area contributed by atoms with Crippen LogP contribution in [-0.2, 0) is 5.60 Å². The topological polar surface area (TPSA) is 71.7 Å². The minimum atomic E-state index is -1.26. The summed E-state index contributed by atoms with van der Waals surface area (Å²) in [6.45, 7) is 3.59. The van der Waals surface area contributed by atoms with Crippen LogP contribution in [0.25, 0.3) is 10.1 Å². The van der Waals surface area contributed by atoms with Gasteiger partial charge in [-0.05, 0) is 55.1 Å². The first-order valence-corrected chi connectivity index (χ1v) is 8.36. The number of furan rings is 1. The van der Waals surface area contributed by atoms with Crippen molar-refractivity contribution in [2.45, 2.75) is 19.4 Å². The molecule has 0 radical (unpaired) electrons. The Bertz CT molecular complexity index is 865. The van der Waals surface area contributed by atoms with E-state index in [0.29, 0.717) is 10.6 Å². The van der Waals surface area contributed by atoms with Gasteiger partial charge in [-0.2, -0.15) is 0 Å². The van der Waals surface area contributed by atoms with Crippen LogP contribution in [0.1, 0.15) is 27.9 Å². The average Bonchev–Trinajstić information content (AvgIpc) is 3.21. The summed E-state index contributed by atoms with van der Waals surface area (Å²) in [5.41, 5.74) is -0.350. The number of aliphatic hydroxyl groups is 1. The quantitative estimate of drug-likeness (QED) is 0.743. The van der Waals surface area contributed by atoms with Gasteiger partial charge in [-0.25, -0.2) is 0 Å². The summed E-state index contributed by atoms with van der Waals surface area (Å²) in [6.07, 6.45) is 1.50. The molecule has 0 fully saturated rings. The first-order valence-electron chi connectivity index (χ1n) is 7.54. The predicted molar refractivity (Wildman–Crippen MR) is 93.7 cm³/mol. The number of ether oxygens (including phenoxy) is 1. The maximum atomic E-state index is 12.5. The smallest absolute Gasteiger partial charge is 0.261 e. The first-order chi connectivity index (χ1) is 11.4. The zero-order chi connectivity index (χ0) is 17.3. The second-order valence-corrected chi connectivity index (χ2v) is 6.90. The molecule has 1 amide bonds. The minimum absolute atomic E-state index is 0.0658. The van der Waals surface area contributed by atoms with Crippen LogP contribution in [0.15, 0.2) is 41.0 Å². The van der Waals surface area contributed by atoms with Gasteiger partial charge in [0.2, 0.25) is 0 Å². The Hall–Kier alpha value is -2.31. The van der Waals surface area contributed by atoms with Crippen molar-refractivity contribution in [3.05, 3.63) is 52.8 Å². The van der Waals surface area contributed by atoms with E-state index in [1.807, 2.05) is 25.1 Å². The van der Waals surface area contributed by atoms with Crippen LogP contribution in [0.4, 0.5) is 0 Å². The van der Waals surface area contributed by atoms with Crippen molar-refractivity contribution in [1.82, 2.24) is 5.32 Å². The molecule has 126 valence electrons. The summed E-state index contributed by atoms with van der Waals surface area (Å²) in [5, 5.41) is 14.2. The number of hydrogen-bond acceptors (Lipinski definition) is 5. The number of thiophene rings is 1. The lowest BCUT2D eigenvalue weighted by Crippen LogP contribution is -2.38. The molecule has 0 bridgehead atoms. The van der Waals surface area contributed by atoms with Crippen LogP contribution < -0.4 is 10.1 Å². The zero-order valence-corrected chi connectivity index (χ0v) is 14.6. The second kappa shape index (κ2) is 6.30. The Morgan fingerprint density at radius 1 is 1.42 bits per heavy atom. The van der Waals surface area contributed by atoms with Crippen molar-refractivity contribution in [2.24, 2.45) is 0 Å². The third-order valence-electron chi connectivity index (χ3n) is 3.99. The summed E-state index contributed by atoms with van der Waals surface area (Å²) < 4.78 is 11.5. The van der Waals surface area contributed by atoms with Crippen molar-refractivity contribution in [3.8, 4) is 5.75 Å². The van der Waals surface area contributed by atoms with E-state index in [0.717, 1.165) is 21.4 Å². The molecule has 5 nitrogen and oxygen atoms in total. The molecule has 24 heavy (non-hydrogen) atoms. The average molecular weight is 345 g/mol. The molecule has 2 aromatic heterocycles. The van der Waals surface area contributed by atoms with Gasteiger partial charge in [0, 0.05) is 4.70 Å². The monoisotopic (exact) mass is 345 g/mol. The first kappa shape index (κ1) is 16.5. The highest BCUT2D eigenvalue weighted by Crippen LogP contribution is 2.33. The SMILES string of the molecule is COc1ccc2sc(C(=O)NCC(C)(O)c3ccco3)c(C)c2c1. The largest absolute Gasteiger partial charge is 0.497 e. The van der Waals surface area contributed by atoms with Gasteiger partial charge in [-0.1, -0.05) is 0 Å². The minimum Gasteiger partial charge on any atom is -0.497 e. The normalized spacial score (nSPS) is 13.7. The van der Waals surface area contributed by atoms with E-state index in [1.54, 1.807) is 26.2 Å². The number of carbonyl (C=O) groups is 1. The van der Waals surface area contributed by atoms with E-state index in [1.165, 1.54) is 17.6 Å². The molecule has 2 heterocycles. The molecule has 3 rings (SSSR count). The number of amides is 1. The fourth-order valence-electron chi connectivity index (χ4n) is 2.55. The summed E-state index contributed by atoms with van der Waals surface area (Å²) in [6, 6.07) is 9.14. The molecule has 0 saturated heterocycles. The Morgan fingerprint density at radius 2 is 2.21 bits per heavy atom. The number of hydrogen-bond donors (Lipinski definition) is 2. The molecule has 3 aromatic rings. The van der Waals surface area contributed by atoms with Crippen LogP contribution in [-0.4, -0.2) is 24.7 Å². The fourth-order valence-corrected chi connectivity index (χ4v) is 3.65. The van der Waals surface area contributed by atoms with Gasteiger partial charge in [-0.15, -0.1) is 11.3 Å². The maximum absolute atomic E-state index is 12.5. The number of aryl methyl sites for hydroxylation is 1. The molecule has 0 aliphatic heterocycles. The van der Waals surface area contributed by atoms with Crippen molar-refractivity contribution in [2.75, 3.05) is 13.7 Å². The number of fused-ring (bicyclic) bond motifs is 1. The molecular formula is C18H19NO4S. The molecule has 1 unspecified atom stereocenters. The van der Waals surface area contributed by atoms with E-state index in [-0.39, 0.29) is 12.5 Å². The third-order valence-corrected chi connectivity index (χ3v) is 5.27. The summed E-state index contributed by atoms with van der Waals surface area (Å²) in [7, 11) is 1.62. The Morgan fingerprint density at radius 3 is 2.88 bits per heavy atom. The highest BCUT2D eigenvalue weighted by Gasteiger charge is 2.27. The summed E-state index contributed by atoms with van der Waals surface area (Å²) in [5.74, 6) is 0.969. The molecule has 0 spiro atoms. The van der Waals surface area contributed by atoms with E-state index in [4.69, 9.17) is 9.15 Å². The van der Waals surface area contributed by atoms with Crippen molar-refractivity contribution in [1.29, 1.82) is 0 Å². The van der Waals surface area contributed by atoms with E-state index >= 15 is 0 Å². The molecule has 1 atom stereocenters. The fraction of sp³-hybridized carbons (Fsp3) is 0.278. The third kappa shape index (κ3) is 3.02. The zero-order valence-electron chi connectivity index (χ0n) is 13.8. The molecule has 0 aliphatic carbocycles. The van der Waals surface area contributed by atoms with Crippen LogP contribution in [0.3, 0.4) is 0 Å². The van der Waals surface area contributed by atoms with E-state index in [9.17, 15) is 9.90 Å². The van der Waals surface area contributed by atoms with Gasteiger partial charge >= 0.3 is 0 Å². The lowest BCUT2D eigenvalue weighted by molar-refractivity contribution is 0.0331. The van der Waals surface area contributed by atoms with Gasteiger partial charge in [-0.3, -0.25) is 4.79 Å². The maximum Gasteiger partial charge on any atom is 0.261 e. The second-order valence-electron chi connectivity index (χ2n) is 5.85. The molecule has 1 aromatic carbocycles. The van der Waals surface area contributed by atoms with E-state index < -0.39 is 5.60 Å². The Labute approximate surface area is 143 Å². The molecular weight excluding hydrogens is 326 g/mol. The number of nitrogens with one attached hydrogen (secondary N) is 1. The molecule has 0 saturated carbocycles. The Balaban J connectivity index is 1.80. The predicted octanol–water partition coefficient (Wildman–Crippen LogP) is 3.45. The lowest BCUT2D eigenvalue weighted by Gasteiger charge is -2.21. The highest BCUT2D eigenvalue weighted by molar-refractivity contribution is 7.21. The van der Waals surface area contributed by atoms with Crippen molar-refractivity contribution >= 4 is 27.3 Å². The Kier molecular flexibility index (Phi) is 4.34. The number of rotatable bonds is 5. The van der Waals surface area contributed by atoms with Crippen molar-refractivity contribution < 1.29 is 19.1 Å². The van der Waals surface area contributed by atoms with Crippen LogP contribution in [0.2, 0.25) is 0 Å². The van der Waals surface area contributed by atoms with Crippen LogP contribution in [0, 0.1) is 6.92 Å². The van der Waals surface area contributed by atoms with Gasteiger partial charge in [0.25, 0.3) is 5.91 Å².